The Morgan fingerprint density at radius 1 is 0.970 bits per heavy atom. The van der Waals surface area contributed by atoms with Crippen LogP contribution in [0.4, 0.5) is 5.69 Å². The van der Waals surface area contributed by atoms with E-state index in [1.807, 2.05) is 61.8 Å². The van der Waals surface area contributed by atoms with Gasteiger partial charge in [-0.15, -0.1) is 0 Å². The van der Waals surface area contributed by atoms with Gasteiger partial charge in [-0.25, -0.2) is 4.98 Å². The summed E-state index contributed by atoms with van der Waals surface area (Å²) in [5.74, 6) is 0.905. The molecule has 3 aromatic heterocycles. The van der Waals surface area contributed by atoms with Gasteiger partial charge in [0.25, 0.3) is 0 Å². The maximum Gasteiger partial charge on any atom is 0.174 e. The molecule has 5 nitrogen and oxygen atoms in total. The molecule has 4 aromatic rings. The lowest BCUT2D eigenvalue weighted by molar-refractivity contribution is 0.565. The van der Waals surface area contributed by atoms with Crippen molar-refractivity contribution in [2.24, 2.45) is 0 Å². The number of benzene rings is 1. The number of halogens is 1. The molecule has 7 heteroatoms. The van der Waals surface area contributed by atoms with E-state index < -0.39 is 0 Å². The van der Waals surface area contributed by atoms with Gasteiger partial charge in [0.05, 0.1) is 17.8 Å². The Labute approximate surface area is 204 Å². The number of aryl methyl sites for hydroxylation is 2. The van der Waals surface area contributed by atoms with Crippen LogP contribution in [0.1, 0.15) is 40.3 Å². The number of hydrogen-bond acceptors (Lipinski definition) is 3. The molecule has 0 aliphatic carbocycles. The molecular weight excluding hydrogens is 450 g/mol. The highest BCUT2D eigenvalue weighted by Gasteiger charge is 2.42. The van der Waals surface area contributed by atoms with E-state index in [-0.39, 0.29) is 12.1 Å². The van der Waals surface area contributed by atoms with Crippen LogP contribution in [-0.2, 0) is 0 Å². The van der Waals surface area contributed by atoms with Crippen LogP contribution in [0.2, 0.25) is 5.02 Å². The third-order valence-corrected chi connectivity index (χ3v) is 6.68. The Morgan fingerprint density at radius 3 is 2.42 bits per heavy atom. The minimum atomic E-state index is -0.102. The van der Waals surface area contributed by atoms with E-state index in [4.69, 9.17) is 23.8 Å². The predicted octanol–water partition coefficient (Wildman–Crippen LogP) is 6.02. The summed E-state index contributed by atoms with van der Waals surface area (Å²) in [5, 5.41) is 4.88. The van der Waals surface area contributed by atoms with Crippen molar-refractivity contribution < 1.29 is 0 Å². The molecule has 1 aliphatic heterocycles. The topological polar surface area (TPSA) is 46.0 Å². The van der Waals surface area contributed by atoms with E-state index in [9.17, 15) is 0 Å². The van der Waals surface area contributed by atoms with Crippen LogP contribution < -0.4 is 10.2 Å². The number of pyridine rings is 2. The SMILES string of the molecule is Cc1ccc(-n2c(C)cc([C@H]3[C@H](c4ccccn4)NC(=S)N3c3ccc(Cl)cc3)c2C)nc1. The first-order valence-corrected chi connectivity index (χ1v) is 11.6. The van der Waals surface area contributed by atoms with Gasteiger partial charge in [-0.1, -0.05) is 23.7 Å². The van der Waals surface area contributed by atoms with Crippen LogP contribution in [0.3, 0.4) is 0 Å². The van der Waals surface area contributed by atoms with Crippen molar-refractivity contribution in [3.05, 3.63) is 106 Å². The van der Waals surface area contributed by atoms with Gasteiger partial charge in [-0.05, 0) is 92.6 Å². The number of hydrogen-bond donors (Lipinski definition) is 1. The molecule has 0 spiro atoms. The summed E-state index contributed by atoms with van der Waals surface area (Å²) in [6.07, 6.45) is 3.72. The van der Waals surface area contributed by atoms with Crippen LogP contribution in [0.15, 0.2) is 73.1 Å². The summed E-state index contributed by atoms with van der Waals surface area (Å²) >= 11 is 12.0. The first-order chi connectivity index (χ1) is 15.9. The van der Waals surface area contributed by atoms with Crippen molar-refractivity contribution in [2.75, 3.05) is 4.90 Å². The first-order valence-electron chi connectivity index (χ1n) is 10.8. The average molecular weight is 474 g/mol. The van der Waals surface area contributed by atoms with E-state index in [1.54, 1.807) is 0 Å². The zero-order valence-corrected chi connectivity index (χ0v) is 20.2. The lowest BCUT2D eigenvalue weighted by atomic mass is 9.96. The second-order valence-electron chi connectivity index (χ2n) is 8.33. The smallest absolute Gasteiger partial charge is 0.174 e. The minimum absolute atomic E-state index is 0.0843. The standard InChI is InChI=1S/C26H24ClN5S/c1-16-7-12-23(29-15-16)31-17(2)14-21(18(31)3)25-24(22-6-4-5-13-28-22)30-26(33)32(25)20-10-8-19(27)9-11-20/h4-15,24-25H,1-3H3,(H,30,33)/t24-,25-/m0/s1. The molecule has 1 aliphatic rings. The molecule has 0 amide bonds. The predicted molar refractivity (Wildman–Crippen MR) is 137 cm³/mol. The second-order valence-corrected chi connectivity index (χ2v) is 9.15. The Morgan fingerprint density at radius 2 is 1.76 bits per heavy atom. The molecule has 0 bridgehead atoms. The molecule has 4 heterocycles. The van der Waals surface area contributed by atoms with Crippen LogP contribution in [0.5, 0.6) is 0 Å². The van der Waals surface area contributed by atoms with Gasteiger partial charge in [0.2, 0.25) is 0 Å². The number of nitrogens with one attached hydrogen (secondary N) is 1. The highest BCUT2D eigenvalue weighted by molar-refractivity contribution is 7.80. The Balaban J connectivity index is 1.67. The molecule has 1 N–H and O–H groups in total. The van der Waals surface area contributed by atoms with Gasteiger partial charge < -0.3 is 14.8 Å². The minimum Gasteiger partial charge on any atom is -0.351 e. The molecule has 0 saturated carbocycles. The fraction of sp³-hybridized carbons (Fsp3) is 0.192. The Kier molecular flexibility index (Phi) is 5.64. The number of aromatic nitrogens is 3. The van der Waals surface area contributed by atoms with Crippen molar-refractivity contribution in [3.8, 4) is 5.82 Å². The highest BCUT2D eigenvalue weighted by Crippen LogP contribution is 2.43. The van der Waals surface area contributed by atoms with Crippen LogP contribution in [0.25, 0.3) is 5.82 Å². The van der Waals surface area contributed by atoms with Gasteiger partial charge in [0.1, 0.15) is 5.82 Å². The van der Waals surface area contributed by atoms with Gasteiger partial charge in [-0.3, -0.25) is 4.98 Å². The van der Waals surface area contributed by atoms with E-state index in [0.29, 0.717) is 10.1 Å². The molecule has 2 atom stereocenters. The zero-order chi connectivity index (χ0) is 23.1. The van der Waals surface area contributed by atoms with E-state index >= 15 is 0 Å². The quantitative estimate of drug-likeness (QED) is 0.367. The monoisotopic (exact) mass is 473 g/mol. The lowest BCUT2D eigenvalue weighted by Crippen LogP contribution is -2.29. The average Bonchev–Trinajstić information content (AvgIpc) is 3.31. The molecular formula is C26H24ClN5S. The maximum absolute atomic E-state index is 6.17. The first kappa shape index (κ1) is 21.6. The van der Waals surface area contributed by atoms with Gasteiger partial charge in [0, 0.05) is 34.5 Å². The fourth-order valence-corrected chi connectivity index (χ4v) is 5.05. The van der Waals surface area contributed by atoms with Crippen molar-refractivity contribution in [2.45, 2.75) is 32.9 Å². The number of nitrogens with zero attached hydrogens (tertiary/aromatic N) is 4. The highest BCUT2D eigenvalue weighted by atomic mass is 35.5. The lowest BCUT2D eigenvalue weighted by Gasteiger charge is -2.28. The van der Waals surface area contributed by atoms with Crippen molar-refractivity contribution in [1.29, 1.82) is 0 Å². The Hall–Kier alpha value is -3.22. The third-order valence-electron chi connectivity index (χ3n) is 6.12. The molecule has 0 unspecified atom stereocenters. The largest absolute Gasteiger partial charge is 0.351 e. The summed E-state index contributed by atoms with van der Waals surface area (Å²) in [5.41, 5.74) is 6.48. The van der Waals surface area contributed by atoms with Crippen molar-refractivity contribution in [1.82, 2.24) is 19.9 Å². The van der Waals surface area contributed by atoms with Crippen LogP contribution in [0, 0.1) is 20.8 Å². The number of anilines is 1. The molecule has 1 aromatic carbocycles. The maximum atomic E-state index is 6.17. The van der Waals surface area contributed by atoms with Crippen molar-refractivity contribution >= 4 is 34.6 Å². The molecule has 5 rings (SSSR count). The van der Waals surface area contributed by atoms with E-state index in [2.05, 4.69) is 56.8 Å². The van der Waals surface area contributed by atoms with Gasteiger partial charge in [0.15, 0.2) is 5.11 Å². The number of thiocarbonyl (C=S) groups is 1. The number of rotatable bonds is 4. The van der Waals surface area contributed by atoms with Crippen LogP contribution >= 0.6 is 23.8 Å². The molecule has 166 valence electrons. The summed E-state index contributed by atoms with van der Waals surface area (Å²) in [7, 11) is 0. The fourth-order valence-electron chi connectivity index (χ4n) is 4.58. The molecule has 33 heavy (non-hydrogen) atoms. The summed E-state index contributed by atoms with van der Waals surface area (Å²) in [6.45, 7) is 6.30. The molecule has 1 saturated heterocycles. The van der Waals surface area contributed by atoms with Gasteiger partial charge >= 0.3 is 0 Å². The Bertz CT molecular complexity index is 1300. The third kappa shape index (κ3) is 3.90. The summed E-state index contributed by atoms with van der Waals surface area (Å²) in [4.78, 5) is 11.5. The second kappa shape index (κ2) is 8.61. The zero-order valence-electron chi connectivity index (χ0n) is 18.7. The summed E-state index contributed by atoms with van der Waals surface area (Å²) < 4.78 is 2.20. The van der Waals surface area contributed by atoms with Crippen LogP contribution in [-0.4, -0.2) is 19.6 Å². The molecule has 0 radical (unpaired) electrons. The molecule has 1 fully saturated rings. The normalized spacial score (nSPS) is 17.9. The van der Waals surface area contributed by atoms with E-state index in [0.717, 1.165) is 34.2 Å². The van der Waals surface area contributed by atoms with E-state index in [1.165, 1.54) is 5.56 Å². The summed E-state index contributed by atoms with van der Waals surface area (Å²) in [6, 6.07) is 20.0. The van der Waals surface area contributed by atoms with Gasteiger partial charge in [-0.2, -0.15) is 0 Å². The van der Waals surface area contributed by atoms with Crippen molar-refractivity contribution in [3.63, 3.8) is 0 Å².